The maximum absolute atomic E-state index is 9.57. The summed E-state index contributed by atoms with van der Waals surface area (Å²) < 4.78 is 0. The van der Waals surface area contributed by atoms with Crippen LogP contribution in [0.1, 0.15) is 31.2 Å². The SMILES string of the molecule is Oc1ccc(/C=N\Nc2cc(N3CCCC3)nc(N3CCCC3)n2)cc1O. The molecule has 0 spiro atoms. The topological polar surface area (TPSA) is 97.1 Å². The highest BCUT2D eigenvalue weighted by molar-refractivity contribution is 5.81. The zero-order valence-electron chi connectivity index (χ0n) is 15.2. The lowest BCUT2D eigenvalue weighted by atomic mass is 10.2. The van der Waals surface area contributed by atoms with Gasteiger partial charge in [0.1, 0.15) is 5.82 Å². The molecule has 3 heterocycles. The highest BCUT2D eigenvalue weighted by Crippen LogP contribution is 2.26. The number of aromatic hydroxyl groups is 2. The minimum absolute atomic E-state index is 0.151. The zero-order chi connectivity index (χ0) is 18.6. The number of nitrogens with zero attached hydrogens (tertiary/aromatic N) is 5. The molecule has 1 aromatic heterocycles. The van der Waals surface area contributed by atoms with Crippen LogP contribution in [0, 0.1) is 0 Å². The first kappa shape index (κ1) is 17.4. The lowest BCUT2D eigenvalue weighted by Gasteiger charge is -2.21. The molecule has 8 heteroatoms. The van der Waals surface area contributed by atoms with E-state index in [1.807, 2.05) is 6.07 Å². The van der Waals surface area contributed by atoms with Crippen molar-refractivity contribution in [2.24, 2.45) is 5.10 Å². The van der Waals surface area contributed by atoms with Gasteiger partial charge in [0.15, 0.2) is 17.3 Å². The van der Waals surface area contributed by atoms with Gasteiger partial charge in [0.05, 0.1) is 6.21 Å². The third-order valence-electron chi connectivity index (χ3n) is 4.91. The summed E-state index contributed by atoms with van der Waals surface area (Å²) in [5, 5.41) is 23.2. The lowest BCUT2D eigenvalue weighted by molar-refractivity contribution is 0.403. The summed E-state index contributed by atoms with van der Waals surface area (Å²) in [5.41, 5.74) is 3.65. The smallest absolute Gasteiger partial charge is 0.229 e. The Morgan fingerprint density at radius 3 is 2.30 bits per heavy atom. The van der Waals surface area contributed by atoms with E-state index in [-0.39, 0.29) is 11.5 Å². The fourth-order valence-electron chi connectivity index (χ4n) is 3.44. The molecule has 2 aliphatic heterocycles. The Morgan fingerprint density at radius 1 is 0.889 bits per heavy atom. The van der Waals surface area contributed by atoms with Crippen molar-refractivity contribution in [2.75, 3.05) is 41.4 Å². The van der Waals surface area contributed by atoms with Crippen LogP contribution in [0.4, 0.5) is 17.6 Å². The van der Waals surface area contributed by atoms with Crippen LogP contribution >= 0.6 is 0 Å². The van der Waals surface area contributed by atoms with E-state index in [2.05, 4.69) is 25.3 Å². The van der Waals surface area contributed by atoms with Gasteiger partial charge in [-0.2, -0.15) is 15.1 Å². The number of hydrogen-bond donors (Lipinski definition) is 3. The third-order valence-corrected chi connectivity index (χ3v) is 4.91. The molecule has 0 aliphatic carbocycles. The van der Waals surface area contributed by atoms with Gasteiger partial charge < -0.3 is 20.0 Å². The number of rotatable bonds is 5. The molecule has 142 valence electrons. The van der Waals surface area contributed by atoms with E-state index in [0.29, 0.717) is 11.4 Å². The van der Waals surface area contributed by atoms with E-state index in [0.717, 1.165) is 37.9 Å². The second-order valence-corrected chi connectivity index (χ2v) is 6.92. The number of nitrogens with one attached hydrogen (secondary N) is 1. The van der Waals surface area contributed by atoms with E-state index in [1.54, 1.807) is 12.3 Å². The molecule has 2 fully saturated rings. The van der Waals surface area contributed by atoms with Gasteiger partial charge in [-0.1, -0.05) is 0 Å². The van der Waals surface area contributed by atoms with Crippen molar-refractivity contribution in [3.63, 3.8) is 0 Å². The van der Waals surface area contributed by atoms with Crippen LogP contribution in [-0.2, 0) is 0 Å². The minimum Gasteiger partial charge on any atom is -0.504 e. The Kier molecular flexibility index (Phi) is 4.95. The molecule has 2 aromatic rings. The van der Waals surface area contributed by atoms with E-state index in [9.17, 15) is 10.2 Å². The maximum Gasteiger partial charge on any atom is 0.229 e. The van der Waals surface area contributed by atoms with Crippen molar-refractivity contribution in [2.45, 2.75) is 25.7 Å². The van der Waals surface area contributed by atoms with Crippen molar-refractivity contribution in [1.29, 1.82) is 0 Å². The fraction of sp³-hybridized carbons (Fsp3) is 0.421. The molecular weight excluding hydrogens is 344 g/mol. The van der Waals surface area contributed by atoms with Crippen molar-refractivity contribution in [1.82, 2.24) is 9.97 Å². The van der Waals surface area contributed by atoms with Crippen molar-refractivity contribution >= 4 is 23.8 Å². The molecule has 0 saturated carbocycles. The number of aromatic nitrogens is 2. The van der Waals surface area contributed by atoms with Crippen molar-refractivity contribution in [3.8, 4) is 11.5 Å². The molecule has 0 atom stereocenters. The molecule has 4 rings (SSSR count). The second-order valence-electron chi connectivity index (χ2n) is 6.92. The predicted octanol–water partition coefficient (Wildman–Crippen LogP) is 2.53. The summed E-state index contributed by atoms with van der Waals surface area (Å²) in [6.45, 7) is 4.01. The molecule has 0 bridgehead atoms. The first-order valence-electron chi connectivity index (χ1n) is 9.39. The summed E-state index contributed by atoms with van der Waals surface area (Å²) in [6, 6.07) is 6.48. The average molecular weight is 368 g/mol. The number of phenols is 2. The van der Waals surface area contributed by atoms with Crippen molar-refractivity contribution < 1.29 is 10.2 Å². The van der Waals surface area contributed by atoms with Crippen LogP contribution in [0.15, 0.2) is 29.4 Å². The first-order chi connectivity index (χ1) is 13.2. The lowest BCUT2D eigenvalue weighted by Crippen LogP contribution is -2.24. The Hall–Kier alpha value is -3.03. The van der Waals surface area contributed by atoms with E-state index >= 15 is 0 Å². The first-order valence-corrected chi connectivity index (χ1v) is 9.39. The molecule has 0 amide bonds. The minimum atomic E-state index is -0.173. The molecule has 2 saturated heterocycles. The highest BCUT2D eigenvalue weighted by Gasteiger charge is 2.20. The Bertz CT molecular complexity index is 795. The van der Waals surface area contributed by atoms with Crippen LogP contribution in [-0.4, -0.2) is 52.6 Å². The molecule has 8 nitrogen and oxygen atoms in total. The van der Waals surface area contributed by atoms with Gasteiger partial charge in [0.2, 0.25) is 5.95 Å². The number of hydrazone groups is 1. The van der Waals surface area contributed by atoms with Gasteiger partial charge in [-0.15, -0.1) is 0 Å². The van der Waals surface area contributed by atoms with Gasteiger partial charge in [0.25, 0.3) is 0 Å². The maximum atomic E-state index is 9.57. The Labute approximate surface area is 158 Å². The zero-order valence-corrected chi connectivity index (χ0v) is 15.2. The van der Waals surface area contributed by atoms with E-state index in [1.165, 1.54) is 37.8 Å². The normalized spacial score (nSPS) is 17.2. The van der Waals surface area contributed by atoms with E-state index in [4.69, 9.17) is 4.98 Å². The molecule has 2 aliphatic rings. The summed E-state index contributed by atoms with van der Waals surface area (Å²) in [6.07, 6.45) is 6.29. The van der Waals surface area contributed by atoms with Gasteiger partial charge in [-0.25, -0.2) is 0 Å². The van der Waals surface area contributed by atoms with Crippen LogP contribution in [0.2, 0.25) is 0 Å². The summed E-state index contributed by atoms with van der Waals surface area (Å²) >= 11 is 0. The van der Waals surface area contributed by atoms with Crippen LogP contribution in [0.3, 0.4) is 0 Å². The van der Waals surface area contributed by atoms with Gasteiger partial charge >= 0.3 is 0 Å². The Morgan fingerprint density at radius 2 is 1.59 bits per heavy atom. The summed E-state index contributed by atoms with van der Waals surface area (Å²) in [4.78, 5) is 13.9. The molecular formula is C19H24N6O2. The monoisotopic (exact) mass is 368 g/mol. The standard InChI is InChI=1S/C19H24N6O2/c26-15-6-5-14(11-16(15)27)13-20-23-17-12-18(24-7-1-2-8-24)22-19(21-17)25-9-3-4-10-25/h5-6,11-13,26-27H,1-4,7-10H2,(H,21,22,23)/b20-13-. The van der Waals surface area contributed by atoms with Gasteiger partial charge in [-0.3, -0.25) is 5.43 Å². The molecule has 1 aromatic carbocycles. The molecule has 0 unspecified atom stereocenters. The third kappa shape index (κ3) is 4.05. The molecule has 3 N–H and O–H groups in total. The fourth-order valence-corrected chi connectivity index (χ4v) is 3.44. The summed E-state index contributed by atoms with van der Waals surface area (Å²) in [5.74, 6) is 2.00. The van der Waals surface area contributed by atoms with E-state index < -0.39 is 0 Å². The van der Waals surface area contributed by atoms with Gasteiger partial charge in [0, 0.05) is 32.2 Å². The quantitative estimate of drug-likeness (QED) is 0.424. The van der Waals surface area contributed by atoms with Crippen molar-refractivity contribution in [3.05, 3.63) is 29.8 Å². The van der Waals surface area contributed by atoms with Gasteiger partial charge in [-0.05, 0) is 49.4 Å². The largest absolute Gasteiger partial charge is 0.504 e. The second kappa shape index (κ2) is 7.69. The number of anilines is 3. The highest BCUT2D eigenvalue weighted by atomic mass is 16.3. The summed E-state index contributed by atoms with van der Waals surface area (Å²) in [7, 11) is 0. The number of benzene rings is 1. The van der Waals surface area contributed by atoms with Crippen LogP contribution in [0.25, 0.3) is 0 Å². The predicted molar refractivity (Wildman–Crippen MR) is 106 cm³/mol. The average Bonchev–Trinajstić information content (AvgIpc) is 3.38. The molecule has 0 radical (unpaired) electrons. The van der Waals surface area contributed by atoms with Crippen LogP contribution in [0.5, 0.6) is 11.5 Å². The number of phenolic OH excluding ortho intramolecular Hbond substituents is 2. The number of hydrogen-bond acceptors (Lipinski definition) is 8. The molecule has 27 heavy (non-hydrogen) atoms. The Balaban J connectivity index is 1.54. The van der Waals surface area contributed by atoms with Crippen LogP contribution < -0.4 is 15.2 Å².